The molecular weight excluding hydrogens is 260 g/mol. The molecule has 3 nitrogen and oxygen atoms in total. The Labute approximate surface area is 114 Å². The smallest absolute Gasteiger partial charge is 0.188 e. The standard InChI is InChI=1S/C15H20O3S/c1-3-8-14(16)13-11-15(13,4-2)19(17,18)12-9-6-5-7-10-12/h4-7,9-10,13-14,16H,2-3,8,11H2,1H3/t13-,14-,15+/m0/s1. The third-order valence-electron chi connectivity index (χ3n) is 3.95. The van der Waals surface area contributed by atoms with E-state index < -0.39 is 20.7 Å². The fourth-order valence-corrected chi connectivity index (χ4v) is 4.84. The molecule has 1 N–H and O–H groups in total. The van der Waals surface area contributed by atoms with Gasteiger partial charge in [0.05, 0.1) is 11.0 Å². The summed E-state index contributed by atoms with van der Waals surface area (Å²) < 4.78 is 24.4. The molecular formula is C15H20O3S. The molecule has 1 aliphatic carbocycles. The first-order valence-corrected chi connectivity index (χ1v) is 8.09. The Bertz CT molecular complexity index is 550. The van der Waals surface area contributed by atoms with Crippen molar-refractivity contribution in [1.29, 1.82) is 0 Å². The van der Waals surface area contributed by atoms with Gasteiger partial charge in [0.2, 0.25) is 0 Å². The summed E-state index contributed by atoms with van der Waals surface area (Å²) in [5.74, 6) is -0.227. The second kappa shape index (κ2) is 5.10. The van der Waals surface area contributed by atoms with Gasteiger partial charge in [-0.3, -0.25) is 0 Å². The molecule has 1 aromatic carbocycles. The van der Waals surface area contributed by atoms with Crippen molar-refractivity contribution >= 4 is 9.84 Å². The van der Waals surface area contributed by atoms with Crippen molar-refractivity contribution in [2.75, 3.05) is 0 Å². The van der Waals surface area contributed by atoms with Gasteiger partial charge in [0.1, 0.15) is 4.75 Å². The lowest BCUT2D eigenvalue weighted by Gasteiger charge is -2.17. The van der Waals surface area contributed by atoms with Gasteiger partial charge in [0.25, 0.3) is 0 Å². The molecule has 104 valence electrons. The second-order valence-corrected chi connectivity index (χ2v) is 7.38. The fraction of sp³-hybridized carbons (Fsp3) is 0.467. The van der Waals surface area contributed by atoms with E-state index in [1.54, 1.807) is 30.3 Å². The molecule has 0 amide bonds. The van der Waals surface area contributed by atoms with Crippen LogP contribution < -0.4 is 0 Å². The molecule has 1 saturated carbocycles. The van der Waals surface area contributed by atoms with Crippen molar-refractivity contribution in [3.05, 3.63) is 43.0 Å². The quantitative estimate of drug-likeness (QED) is 0.815. The third kappa shape index (κ3) is 2.23. The molecule has 2 rings (SSSR count). The average Bonchev–Trinajstić information content (AvgIpc) is 3.17. The molecule has 0 saturated heterocycles. The first-order valence-electron chi connectivity index (χ1n) is 6.61. The number of aliphatic hydroxyl groups excluding tert-OH is 1. The van der Waals surface area contributed by atoms with Crippen molar-refractivity contribution in [2.45, 2.75) is 41.9 Å². The highest BCUT2D eigenvalue weighted by atomic mass is 32.2. The Morgan fingerprint density at radius 2 is 2.11 bits per heavy atom. The van der Waals surface area contributed by atoms with E-state index in [2.05, 4.69) is 6.58 Å². The van der Waals surface area contributed by atoms with E-state index in [9.17, 15) is 13.5 Å². The van der Waals surface area contributed by atoms with Crippen LogP contribution in [0.1, 0.15) is 26.2 Å². The number of benzene rings is 1. The molecule has 0 radical (unpaired) electrons. The first kappa shape index (κ1) is 14.3. The third-order valence-corrected chi connectivity index (χ3v) is 6.48. The normalized spacial score (nSPS) is 27.8. The molecule has 0 heterocycles. The van der Waals surface area contributed by atoms with E-state index in [0.717, 1.165) is 6.42 Å². The van der Waals surface area contributed by atoms with E-state index in [0.29, 0.717) is 17.7 Å². The fourth-order valence-electron chi connectivity index (χ4n) is 2.72. The van der Waals surface area contributed by atoms with Crippen molar-refractivity contribution in [2.24, 2.45) is 5.92 Å². The number of hydrogen-bond donors (Lipinski definition) is 1. The summed E-state index contributed by atoms with van der Waals surface area (Å²) in [6, 6.07) is 8.41. The molecule has 3 atom stereocenters. The molecule has 0 spiro atoms. The number of sulfone groups is 1. The SMILES string of the molecule is C=C[C@@]1(S(=O)(=O)c2ccccc2)C[C@H]1[C@@H](O)CCC. The van der Waals surface area contributed by atoms with Crippen LogP contribution in [-0.2, 0) is 9.84 Å². The minimum absolute atomic E-state index is 0.227. The molecule has 19 heavy (non-hydrogen) atoms. The summed E-state index contributed by atoms with van der Waals surface area (Å²) in [7, 11) is -3.47. The highest BCUT2D eigenvalue weighted by molar-refractivity contribution is 7.93. The minimum atomic E-state index is -3.47. The summed E-state index contributed by atoms with van der Waals surface area (Å²) in [5, 5.41) is 10.1. The van der Waals surface area contributed by atoms with Crippen LogP contribution in [0.2, 0.25) is 0 Å². The van der Waals surface area contributed by atoms with Gasteiger partial charge in [-0.2, -0.15) is 0 Å². The van der Waals surface area contributed by atoms with E-state index in [1.165, 1.54) is 6.08 Å². The zero-order valence-electron chi connectivity index (χ0n) is 11.1. The number of aliphatic hydroxyl groups is 1. The molecule has 1 fully saturated rings. The van der Waals surface area contributed by atoms with Crippen LogP contribution in [0.5, 0.6) is 0 Å². The van der Waals surface area contributed by atoms with Gasteiger partial charge in [-0.25, -0.2) is 8.42 Å². The van der Waals surface area contributed by atoms with Crippen LogP contribution in [-0.4, -0.2) is 24.4 Å². The van der Waals surface area contributed by atoms with E-state index >= 15 is 0 Å². The van der Waals surface area contributed by atoms with E-state index in [-0.39, 0.29) is 5.92 Å². The van der Waals surface area contributed by atoms with Crippen LogP contribution in [0, 0.1) is 5.92 Å². The van der Waals surface area contributed by atoms with Crippen molar-refractivity contribution in [3.63, 3.8) is 0 Å². The Kier molecular flexibility index (Phi) is 3.83. The number of hydrogen-bond acceptors (Lipinski definition) is 3. The highest BCUT2D eigenvalue weighted by Crippen LogP contribution is 2.55. The average molecular weight is 280 g/mol. The highest BCUT2D eigenvalue weighted by Gasteiger charge is 2.64. The molecule has 1 aliphatic rings. The summed E-state index contributed by atoms with van der Waals surface area (Å²) in [5.41, 5.74) is 0. The summed E-state index contributed by atoms with van der Waals surface area (Å²) in [6.45, 7) is 5.67. The molecule has 0 aromatic heterocycles. The molecule has 0 bridgehead atoms. The molecule has 4 heteroatoms. The topological polar surface area (TPSA) is 54.4 Å². The summed E-state index contributed by atoms with van der Waals surface area (Å²) >= 11 is 0. The maximum Gasteiger partial charge on any atom is 0.188 e. The monoisotopic (exact) mass is 280 g/mol. The lowest BCUT2D eigenvalue weighted by molar-refractivity contribution is 0.138. The maximum atomic E-state index is 12.7. The second-order valence-electron chi connectivity index (χ2n) is 5.14. The Balaban J connectivity index is 2.32. The lowest BCUT2D eigenvalue weighted by atomic mass is 10.1. The Morgan fingerprint density at radius 3 is 2.63 bits per heavy atom. The predicted molar refractivity (Wildman–Crippen MR) is 75.6 cm³/mol. The van der Waals surface area contributed by atoms with Crippen molar-refractivity contribution in [1.82, 2.24) is 0 Å². The van der Waals surface area contributed by atoms with Gasteiger partial charge in [-0.05, 0) is 25.0 Å². The zero-order valence-corrected chi connectivity index (χ0v) is 11.9. The largest absolute Gasteiger partial charge is 0.393 e. The maximum absolute atomic E-state index is 12.7. The molecule has 0 unspecified atom stereocenters. The Morgan fingerprint density at radius 1 is 1.47 bits per heavy atom. The first-order chi connectivity index (χ1) is 8.99. The van der Waals surface area contributed by atoms with E-state index in [1.807, 2.05) is 6.92 Å². The van der Waals surface area contributed by atoms with Gasteiger partial charge in [0, 0.05) is 5.92 Å². The van der Waals surface area contributed by atoms with Gasteiger partial charge >= 0.3 is 0 Å². The van der Waals surface area contributed by atoms with Crippen LogP contribution in [0.3, 0.4) is 0 Å². The van der Waals surface area contributed by atoms with Gasteiger partial charge in [-0.15, -0.1) is 6.58 Å². The molecule has 1 aromatic rings. The van der Waals surface area contributed by atoms with Crippen molar-refractivity contribution in [3.8, 4) is 0 Å². The summed E-state index contributed by atoms with van der Waals surface area (Å²) in [4.78, 5) is 0.307. The number of rotatable bonds is 6. The van der Waals surface area contributed by atoms with Gasteiger partial charge in [-0.1, -0.05) is 37.6 Å². The summed E-state index contributed by atoms with van der Waals surface area (Å²) in [6.07, 6.45) is 2.87. The lowest BCUT2D eigenvalue weighted by Crippen LogP contribution is -2.27. The van der Waals surface area contributed by atoms with Crippen LogP contribution in [0.4, 0.5) is 0 Å². The van der Waals surface area contributed by atoms with E-state index in [4.69, 9.17) is 0 Å². The van der Waals surface area contributed by atoms with Gasteiger partial charge < -0.3 is 5.11 Å². The predicted octanol–water partition coefficient (Wildman–Crippen LogP) is 2.57. The molecule has 0 aliphatic heterocycles. The Hall–Kier alpha value is -1.13. The van der Waals surface area contributed by atoms with Crippen LogP contribution >= 0.6 is 0 Å². The minimum Gasteiger partial charge on any atom is -0.393 e. The zero-order chi connectivity index (χ0) is 14.1. The van der Waals surface area contributed by atoms with Gasteiger partial charge in [0.15, 0.2) is 9.84 Å². The van der Waals surface area contributed by atoms with Crippen LogP contribution in [0.25, 0.3) is 0 Å². The van der Waals surface area contributed by atoms with Crippen LogP contribution in [0.15, 0.2) is 47.9 Å². The van der Waals surface area contributed by atoms with Crippen molar-refractivity contribution < 1.29 is 13.5 Å².